The van der Waals surface area contributed by atoms with Crippen molar-refractivity contribution in [3.8, 4) is 11.8 Å². The van der Waals surface area contributed by atoms with Crippen LogP contribution in [0.3, 0.4) is 0 Å². The van der Waals surface area contributed by atoms with Gasteiger partial charge in [0.05, 0.1) is 6.54 Å². The summed E-state index contributed by atoms with van der Waals surface area (Å²) in [5.74, 6) is 5.80. The quantitative estimate of drug-likeness (QED) is 0.835. The van der Waals surface area contributed by atoms with Crippen LogP contribution < -0.4 is 11.1 Å². The molecule has 0 atom stereocenters. The van der Waals surface area contributed by atoms with Gasteiger partial charge in [-0.15, -0.1) is 0 Å². The van der Waals surface area contributed by atoms with E-state index in [4.69, 9.17) is 5.73 Å². The third-order valence-electron chi connectivity index (χ3n) is 4.61. The van der Waals surface area contributed by atoms with Crippen LogP contribution in [0.25, 0.3) is 0 Å². The molecule has 3 N–H and O–H groups in total. The molecule has 1 aliphatic carbocycles. The Morgan fingerprint density at radius 2 is 2.19 bits per heavy atom. The average Bonchev–Trinajstić information content (AvgIpc) is 2.45. The molecule has 2 rings (SSSR count). The van der Waals surface area contributed by atoms with E-state index in [1.807, 2.05) is 25.1 Å². The van der Waals surface area contributed by atoms with Crippen LogP contribution in [0.5, 0.6) is 0 Å². The predicted molar refractivity (Wildman–Crippen MR) is 86.0 cm³/mol. The number of benzene rings is 1. The van der Waals surface area contributed by atoms with Gasteiger partial charge in [-0.05, 0) is 49.3 Å². The lowest BCUT2D eigenvalue weighted by Crippen LogP contribution is -2.41. The Bertz CT molecular complexity index is 571. The lowest BCUT2D eigenvalue weighted by atomic mass is 9.67. The fourth-order valence-corrected chi connectivity index (χ4v) is 2.79. The Kier molecular flexibility index (Phi) is 5.03. The summed E-state index contributed by atoms with van der Waals surface area (Å²) in [5.41, 5.74) is 8.24. The van der Waals surface area contributed by atoms with Crippen molar-refractivity contribution < 1.29 is 4.79 Å². The summed E-state index contributed by atoms with van der Waals surface area (Å²) in [6, 6.07) is 5.72. The standard InChI is InChI=1S/C18H24N2O/c1-3-18(9-5-10-18)13-20-17(21)16-12-15(6-4-11-19)8-7-14(16)2/h7-8,12H,3,5,9-11,13,19H2,1-2H3,(H,20,21). The minimum atomic E-state index is 0.00336. The molecular weight excluding hydrogens is 260 g/mol. The van der Waals surface area contributed by atoms with Crippen LogP contribution in [-0.4, -0.2) is 19.0 Å². The number of nitrogens with two attached hydrogens (primary N) is 1. The first-order valence-corrected chi connectivity index (χ1v) is 7.68. The number of carbonyl (C=O) groups is 1. The number of aryl methyl sites for hydroxylation is 1. The number of nitrogens with one attached hydrogen (secondary N) is 1. The summed E-state index contributed by atoms with van der Waals surface area (Å²) in [5, 5.41) is 3.10. The lowest BCUT2D eigenvalue weighted by Gasteiger charge is -2.41. The molecule has 1 aliphatic rings. The average molecular weight is 284 g/mol. The second-order valence-electron chi connectivity index (χ2n) is 5.93. The van der Waals surface area contributed by atoms with E-state index in [1.54, 1.807) is 0 Å². The second kappa shape index (κ2) is 6.78. The van der Waals surface area contributed by atoms with Crippen molar-refractivity contribution in [2.24, 2.45) is 11.1 Å². The molecule has 0 aromatic heterocycles. The number of rotatable bonds is 4. The van der Waals surface area contributed by atoms with Crippen LogP contribution >= 0.6 is 0 Å². The van der Waals surface area contributed by atoms with E-state index in [1.165, 1.54) is 19.3 Å². The highest BCUT2D eigenvalue weighted by atomic mass is 16.1. The molecule has 0 spiro atoms. The molecular formula is C18H24N2O. The predicted octanol–water partition coefficient (Wildman–Crippen LogP) is 2.62. The topological polar surface area (TPSA) is 55.1 Å². The van der Waals surface area contributed by atoms with Gasteiger partial charge in [0.25, 0.3) is 5.91 Å². The third-order valence-corrected chi connectivity index (χ3v) is 4.61. The summed E-state index contributed by atoms with van der Waals surface area (Å²) < 4.78 is 0. The van der Waals surface area contributed by atoms with Crippen LogP contribution in [0.2, 0.25) is 0 Å². The van der Waals surface area contributed by atoms with Crippen molar-refractivity contribution in [2.45, 2.75) is 39.5 Å². The van der Waals surface area contributed by atoms with Gasteiger partial charge in [0.2, 0.25) is 0 Å². The maximum absolute atomic E-state index is 12.4. The highest BCUT2D eigenvalue weighted by molar-refractivity contribution is 5.96. The van der Waals surface area contributed by atoms with Gasteiger partial charge < -0.3 is 11.1 Å². The Morgan fingerprint density at radius 3 is 2.76 bits per heavy atom. The van der Waals surface area contributed by atoms with Gasteiger partial charge in [0, 0.05) is 17.7 Å². The van der Waals surface area contributed by atoms with Crippen molar-refractivity contribution in [1.29, 1.82) is 0 Å². The van der Waals surface area contributed by atoms with Crippen molar-refractivity contribution in [3.63, 3.8) is 0 Å². The molecule has 0 saturated heterocycles. The normalized spacial score (nSPS) is 15.6. The van der Waals surface area contributed by atoms with E-state index in [2.05, 4.69) is 24.1 Å². The van der Waals surface area contributed by atoms with Crippen LogP contribution in [0.1, 0.15) is 54.1 Å². The zero-order valence-electron chi connectivity index (χ0n) is 13.0. The molecule has 0 heterocycles. The van der Waals surface area contributed by atoms with Gasteiger partial charge in [0.1, 0.15) is 0 Å². The summed E-state index contributed by atoms with van der Waals surface area (Å²) in [4.78, 5) is 12.4. The summed E-state index contributed by atoms with van der Waals surface area (Å²) >= 11 is 0. The van der Waals surface area contributed by atoms with E-state index in [0.29, 0.717) is 17.5 Å². The second-order valence-corrected chi connectivity index (χ2v) is 5.93. The first-order valence-electron chi connectivity index (χ1n) is 7.68. The number of carbonyl (C=O) groups excluding carboxylic acids is 1. The fourth-order valence-electron chi connectivity index (χ4n) is 2.79. The van der Waals surface area contributed by atoms with Gasteiger partial charge in [-0.1, -0.05) is 31.3 Å². The maximum Gasteiger partial charge on any atom is 0.251 e. The lowest BCUT2D eigenvalue weighted by molar-refractivity contribution is 0.0849. The molecule has 3 nitrogen and oxygen atoms in total. The molecule has 3 heteroatoms. The minimum absolute atomic E-state index is 0.00336. The van der Waals surface area contributed by atoms with Crippen LogP contribution in [0, 0.1) is 24.2 Å². The first-order chi connectivity index (χ1) is 10.1. The maximum atomic E-state index is 12.4. The van der Waals surface area contributed by atoms with Crippen LogP contribution in [-0.2, 0) is 0 Å². The number of hydrogen-bond acceptors (Lipinski definition) is 2. The molecule has 1 fully saturated rings. The molecule has 0 aliphatic heterocycles. The Balaban J connectivity index is 2.07. The summed E-state index contributed by atoms with van der Waals surface area (Å²) in [6.07, 6.45) is 4.87. The largest absolute Gasteiger partial charge is 0.351 e. The van der Waals surface area contributed by atoms with E-state index >= 15 is 0 Å². The fraction of sp³-hybridized carbons (Fsp3) is 0.500. The molecule has 1 aromatic carbocycles. The molecule has 1 saturated carbocycles. The van der Waals surface area contributed by atoms with E-state index in [0.717, 1.165) is 24.1 Å². The zero-order valence-corrected chi connectivity index (χ0v) is 13.0. The third kappa shape index (κ3) is 3.65. The smallest absolute Gasteiger partial charge is 0.251 e. The summed E-state index contributed by atoms with van der Waals surface area (Å²) in [6.45, 7) is 5.27. The van der Waals surface area contributed by atoms with Gasteiger partial charge >= 0.3 is 0 Å². The van der Waals surface area contributed by atoms with Gasteiger partial charge in [-0.3, -0.25) is 4.79 Å². The van der Waals surface area contributed by atoms with Gasteiger partial charge in [-0.2, -0.15) is 0 Å². The highest BCUT2D eigenvalue weighted by Crippen LogP contribution is 2.43. The van der Waals surface area contributed by atoms with Crippen molar-refractivity contribution in [1.82, 2.24) is 5.32 Å². The molecule has 1 amide bonds. The highest BCUT2D eigenvalue weighted by Gasteiger charge is 2.35. The van der Waals surface area contributed by atoms with Gasteiger partial charge in [-0.25, -0.2) is 0 Å². The number of amides is 1. The first kappa shape index (κ1) is 15.6. The van der Waals surface area contributed by atoms with Crippen LogP contribution in [0.4, 0.5) is 0 Å². The Labute approximate surface area is 127 Å². The van der Waals surface area contributed by atoms with Crippen molar-refractivity contribution >= 4 is 5.91 Å². The zero-order chi connectivity index (χ0) is 15.3. The molecule has 1 aromatic rings. The molecule has 0 radical (unpaired) electrons. The minimum Gasteiger partial charge on any atom is -0.351 e. The SMILES string of the molecule is CCC1(CNC(=O)c2cc(C#CCN)ccc2C)CCC1. The molecule has 0 unspecified atom stereocenters. The van der Waals surface area contributed by atoms with E-state index in [-0.39, 0.29) is 5.91 Å². The van der Waals surface area contributed by atoms with E-state index < -0.39 is 0 Å². The van der Waals surface area contributed by atoms with E-state index in [9.17, 15) is 4.79 Å². The molecule has 21 heavy (non-hydrogen) atoms. The summed E-state index contributed by atoms with van der Waals surface area (Å²) in [7, 11) is 0. The molecule has 0 bridgehead atoms. The van der Waals surface area contributed by atoms with Crippen molar-refractivity contribution in [3.05, 3.63) is 34.9 Å². The van der Waals surface area contributed by atoms with Gasteiger partial charge in [0.15, 0.2) is 0 Å². The van der Waals surface area contributed by atoms with Crippen molar-refractivity contribution in [2.75, 3.05) is 13.1 Å². The molecule has 112 valence electrons. The monoisotopic (exact) mass is 284 g/mol. The number of hydrogen-bond donors (Lipinski definition) is 2. The van der Waals surface area contributed by atoms with Crippen LogP contribution in [0.15, 0.2) is 18.2 Å². The Hall–Kier alpha value is -1.79. The Morgan fingerprint density at radius 1 is 1.43 bits per heavy atom.